The lowest BCUT2D eigenvalue weighted by Gasteiger charge is -2.06. The van der Waals surface area contributed by atoms with Crippen molar-refractivity contribution in [3.05, 3.63) is 56.7 Å². The molecule has 1 amide bonds. The van der Waals surface area contributed by atoms with E-state index in [-0.39, 0.29) is 18.9 Å². The molecular weight excluding hydrogens is 342 g/mol. The zero-order chi connectivity index (χ0) is 14.4. The summed E-state index contributed by atoms with van der Waals surface area (Å²) in [4.78, 5) is 23.8. The van der Waals surface area contributed by atoms with Crippen molar-refractivity contribution in [2.75, 3.05) is 6.54 Å². The predicted octanol–water partition coefficient (Wildman–Crippen LogP) is 3.62. The molecule has 0 spiro atoms. The third-order valence-electron chi connectivity index (χ3n) is 2.45. The summed E-state index contributed by atoms with van der Waals surface area (Å²) < 4.78 is 5.89. The Kier molecular flexibility index (Phi) is 5.31. The molecule has 4 nitrogen and oxygen atoms in total. The Morgan fingerprint density at radius 1 is 1.15 bits per heavy atom. The number of ether oxygens (including phenoxy) is 1. The maximum atomic E-state index is 11.8. The minimum atomic E-state index is -0.599. The molecule has 104 valence electrons. The van der Waals surface area contributed by atoms with E-state index in [2.05, 4.69) is 21.2 Å². The van der Waals surface area contributed by atoms with Crippen LogP contribution in [0.15, 0.2) is 46.3 Å². The Morgan fingerprint density at radius 2 is 1.90 bits per heavy atom. The first kappa shape index (κ1) is 14.7. The van der Waals surface area contributed by atoms with Crippen molar-refractivity contribution in [3.8, 4) is 0 Å². The van der Waals surface area contributed by atoms with E-state index < -0.39 is 6.09 Å². The van der Waals surface area contributed by atoms with Crippen molar-refractivity contribution >= 4 is 39.1 Å². The summed E-state index contributed by atoms with van der Waals surface area (Å²) in [6, 6.07) is 12.9. The fraction of sp³-hybridized carbons (Fsp3) is 0.143. The zero-order valence-corrected chi connectivity index (χ0v) is 12.9. The van der Waals surface area contributed by atoms with Crippen LogP contribution in [-0.2, 0) is 11.3 Å². The molecule has 20 heavy (non-hydrogen) atoms. The van der Waals surface area contributed by atoms with Crippen LogP contribution in [0.5, 0.6) is 0 Å². The highest BCUT2D eigenvalue weighted by Gasteiger charge is 2.10. The van der Waals surface area contributed by atoms with Crippen molar-refractivity contribution in [1.82, 2.24) is 5.32 Å². The van der Waals surface area contributed by atoms with Crippen LogP contribution in [0.25, 0.3) is 0 Å². The van der Waals surface area contributed by atoms with Gasteiger partial charge < -0.3 is 10.1 Å². The summed E-state index contributed by atoms with van der Waals surface area (Å²) in [5.41, 5.74) is 0.899. The number of carbonyl (C=O) groups excluding carboxylic acids is 2. The van der Waals surface area contributed by atoms with Gasteiger partial charge in [0.1, 0.15) is 6.61 Å². The van der Waals surface area contributed by atoms with Gasteiger partial charge in [-0.3, -0.25) is 4.79 Å². The summed E-state index contributed by atoms with van der Waals surface area (Å²) in [6.45, 7) is 0.117. The molecule has 0 radical (unpaired) electrons. The van der Waals surface area contributed by atoms with Gasteiger partial charge in [0.25, 0.3) is 0 Å². The van der Waals surface area contributed by atoms with Crippen LogP contribution in [0.4, 0.5) is 4.79 Å². The van der Waals surface area contributed by atoms with Gasteiger partial charge >= 0.3 is 6.09 Å². The lowest BCUT2D eigenvalue weighted by atomic mass is 10.2. The molecule has 0 fully saturated rings. The molecule has 1 aromatic carbocycles. The van der Waals surface area contributed by atoms with Crippen molar-refractivity contribution < 1.29 is 14.3 Å². The number of benzene rings is 1. The minimum absolute atomic E-state index is 0.0689. The number of Topliss-reactive ketones (excluding diaryl/α,β-unsaturated/α-hetero) is 1. The fourth-order valence-electron chi connectivity index (χ4n) is 1.48. The number of alkyl carbamates (subject to hydrolysis) is 1. The Balaban J connectivity index is 1.74. The van der Waals surface area contributed by atoms with Crippen molar-refractivity contribution in [2.45, 2.75) is 6.61 Å². The standard InChI is InChI=1S/C14H12BrNO3S/c15-13-7-6-12(20-13)11(17)8-16-14(18)19-9-10-4-2-1-3-5-10/h1-7H,8-9H2,(H,16,18). The number of hydrogen-bond acceptors (Lipinski definition) is 4. The third-order valence-corrected chi connectivity index (χ3v) is 4.12. The zero-order valence-electron chi connectivity index (χ0n) is 10.5. The van der Waals surface area contributed by atoms with Crippen LogP contribution >= 0.6 is 27.3 Å². The second kappa shape index (κ2) is 7.21. The van der Waals surface area contributed by atoms with Gasteiger partial charge in [0.2, 0.25) is 0 Å². The molecule has 2 rings (SSSR count). The molecular formula is C14H12BrNO3S. The number of carbonyl (C=O) groups is 2. The Labute approximate surface area is 128 Å². The summed E-state index contributed by atoms with van der Waals surface area (Å²) in [7, 11) is 0. The smallest absolute Gasteiger partial charge is 0.407 e. The van der Waals surface area contributed by atoms with Gasteiger partial charge in [0.05, 0.1) is 15.2 Å². The van der Waals surface area contributed by atoms with Crippen LogP contribution in [-0.4, -0.2) is 18.4 Å². The van der Waals surface area contributed by atoms with E-state index in [9.17, 15) is 9.59 Å². The van der Waals surface area contributed by atoms with Gasteiger partial charge in [-0.1, -0.05) is 30.3 Å². The highest BCUT2D eigenvalue weighted by atomic mass is 79.9. The first-order chi connectivity index (χ1) is 9.65. The monoisotopic (exact) mass is 353 g/mol. The van der Waals surface area contributed by atoms with Crippen molar-refractivity contribution in [2.24, 2.45) is 0 Å². The largest absolute Gasteiger partial charge is 0.445 e. The van der Waals surface area contributed by atoms with Gasteiger partial charge in [-0.2, -0.15) is 0 Å². The number of amides is 1. The number of halogens is 1. The third kappa shape index (κ3) is 4.47. The average Bonchev–Trinajstić information content (AvgIpc) is 2.90. The highest BCUT2D eigenvalue weighted by molar-refractivity contribution is 9.11. The number of nitrogens with one attached hydrogen (secondary N) is 1. The van der Waals surface area contributed by atoms with Gasteiger partial charge in [0.15, 0.2) is 5.78 Å². The molecule has 1 heterocycles. The van der Waals surface area contributed by atoms with E-state index in [1.54, 1.807) is 12.1 Å². The van der Waals surface area contributed by atoms with E-state index in [1.165, 1.54) is 11.3 Å². The summed E-state index contributed by atoms with van der Waals surface area (Å²) in [6.07, 6.45) is -0.599. The summed E-state index contributed by atoms with van der Waals surface area (Å²) in [5.74, 6) is -0.141. The molecule has 0 aliphatic carbocycles. The Hall–Kier alpha value is -1.66. The normalized spacial score (nSPS) is 10.1. The van der Waals surface area contributed by atoms with E-state index in [0.29, 0.717) is 4.88 Å². The minimum Gasteiger partial charge on any atom is -0.445 e. The van der Waals surface area contributed by atoms with E-state index in [4.69, 9.17) is 4.74 Å². The van der Waals surface area contributed by atoms with E-state index in [1.807, 2.05) is 30.3 Å². The quantitative estimate of drug-likeness (QED) is 0.835. The molecule has 0 saturated heterocycles. The molecule has 0 bridgehead atoms. The summed E-state index contributed by atoms with van der Waals surface area (Å²) >= 11 is 4.62. The number of thiophene rings is 1. The SMILES string of the molecule is O=C(NCC(=O)c1ccc(Br)s1)OCc1ccccc1. The van der Waals surface area contributed by atoms with Crippen LogP contribution in [0.3, 0.4) is 0 Å². The Bertz CT molecular complexity index is 597. The van der Waals surface area contributed by atoms with Crippen LogP contribution in [0.1, 0.15) is 15.2 Å². The molecule has 1 aromatic heterocycles. The van der Waals surface area contributed by atoms with Gasteiger partial charge in [-0.15, -0.1) is 11.3 Å². The molecule has 1 N–H and O–H groups in total. The Morgan fingerprint density at radius 3 is 2.55 bits per heavy atom. The second-order valence-corrected chi connectivity index (χ2v) is 6.41. The number of hydrogen-bond donors (Lipinski definition) is 1. The number of rotatable bonds is 5. The topological polar surface area (TPSA) is 55.4 Å². The predicted molar refractivity (Wildman–Crippen MR) is 81.0 cm³/mol. The maximum absolute atomic E-state index is 11.8. The average molecular weight is 354 g/mol. The van der Waals surface area contributed by atoms with Gasteiger partial charge in [0, 0.05) is 0 Å². The van der Waals surface area contributed by atoms with E-state index in [0.717, 1.165) is 9.35 Å². The van der Waals surface area contributed by atoms with E-state index >= 15 is 0 Å². The van der Waals surface area contributed by atoms with Crippen LogP contribution in [0.2, 0.25) is 0 Å². The summed E-state index contributed by atoms with van der Waals surface area (Å²) in [5, 5.41) is 2.44. The molecule has 0 unspecified atom stereocenters. The molecule has 0 saturated carbocycles. The lowest BCUT2D eigenvalue weighted by Crippen LogP contribution is -2.29. The molecule has 6 heteroatoms. The second-order valence-electron chi connectivity index (χ2n) is 3.94. The van der Waals surface area contributed by atoms with Crippen molar-refractivity contribution in [1.29, 1.82) is 0 Å². The lowest BCUT2D eigenvalue weighted by molar-refractivity contribution is 0.0978. The first-order valence-electron chi connectivity index (χ1n) is 5.88. The molecule has 0 aliphatic rings. The van der Waals surface area contributed by atoms with Crippen LogP contribution < -0.4 is 5.32 Å². The van der Waals surface area contributed by atoms with Gasteiger partial charge in [-0.25, -0.2) is 4.79 Å². The molecule has 0 aliphatic heterocycles. The highest BCUT2D eigenvalue weighted by Crippen LogP contribution is 2.22. The van der Waals surface area contributed by atoms with Crippen LogP contribution in [0, 0.1) is 0 Å². The molecule has 2 aromatic rings. The first-order valence-corrected chi connectivity index (χ1v) is 7.49. The maximum Gasteiger partial charge on any atom is 0.407 e. The van der Waals surface area contributed by atoms with Gasteiger partial charge in [-0.05, 0) is 33.6 Å². The van der Waals surface area contributed by atoms with Crippen molar-refractivity contribution in [3.63, 3.8) is 0 Å². The fourth-order valence-corrected chi connectivity index (χ4v) is 2.80. The number of ketones is 1. The molecule has 0 atom stereocenters.